The SMILES string of the molecule is CC(C)(C)OC(=O)N1CCCC1C=Cc1ccc(Cl)cc1. The summed E-state index contributed by atoms with van der Waals surface area (Å²) in [5.74, 6) is 0. The van der Waals surface area contributed by atoms with Gasteiger partial charge in [-0.05, 0) is 51.3 Å². The number of benzene rings is 1. The first-order valence-electron chi connectivity index (χ1n) is 7.28. The predicted octanol–water partition coefficient (Wildman–Crippen LogP) is 4.75. The van der Waals surface area contributed by atoms with Crippen LogP contribution in [0.4, 0.5) is 4.79 Å². The van der Waals surface area contributed by atoms with E-state index in [0.717, 1.165) is 30.0 Å². The molecule has 1 fully saturated rings. The van der Waals surface area contributed by atoms with Crippen LogP contribution in [0, 0.1) is 0 Å². The number of carbonyl (C=O) groups excluding carboxylic acids is 1. The molecule has 1 saturated heterocycles. The monoisotopic (exact) mass is 307 g/mol. The van der Waals surface area contributed by atoms with Crippen LogP contribution < -0.4 is 0 Å². The Bertz CT molecular complexity index is 517. The normalized spacial score (nSPS) is 19.2. The molecule has 2 rings (SSSR count). The van der Waals surface area contributed by atoms with Crippen LogP contribution >= 0.6 is 11.6 Å². The summed E-state index contributed by atoms with van der Waals surface area (Å²) in [5.41, 5.74) is 0.625. The van der Waals surface area contributed by atoms with E-state index in [1.165, 1.54) is 0 Å². The Morgan fingerprint density at radius 1 is 1.33 bits per heavy atom. The average molecular weight is 308 g/mol. The third kappa shape index (κ3) is 4.78. The zero-order valence-corrected chi connectivity index (χ0v) is 13.6. The van der Waals surface area contributed by atoms with Gasteiger partial charge in [-0.1, -0.05) is 35.9 Å². The quantitative estimate of drug-likeness (QED) is 0.789. The van der Waals surface area contributed by atoms with E-state index in [-0.39, 0.29) is 12.1 Å². The number of nitrogens with zero attached hydrogens (tertiary/aromatic N) is 1. The molecule has 0 aromatic heterocycles. The van der Waals surface area contributed by atoms with Gasteiger partial charge in [-0.15, -0.1) is 0 Å². The predicted molar refractivity (Wildman–Crippen MR) is 86.4 cm³/mol. The summed E-state index contributed by atoms with van der Waals surface area (Å²) in [5, 5.41) is 0.725. The molecule has 0 spiro atoms. The molecule has 0 N–H and O–H groups in total. The Balaban J connectivity index is 2.01. The van der Waals surface area contributed by atoms with Crippen LogP contribution in [0.3, 0.4) is 0 Å². The number of ether oxygens (including phenoxy) is 1. The van der Waals surface area contributed by atoms with Gasteiger partial charge in [0.25, 0.3) is 0 Å². The van der Waals surface area contributed by atoms with Crippen molar-refractivity contribution in [3.8, 4) is 0 Å². The van der Waals surface area contributed by atoms with Gasteiger partial charge in [0.1, 0.15) is 5.60 Å². The van der Waals surface area contributed by atoms with Crippen molar-refractivity contribution in [2.24, 2.45) is 0 Å². The third-order valence-corrected chi connectivity index (χ3v) is 3.56. The summed E-state index contributed by atoms with van der Waals surface area (Å²) in [6.07, 6.45) is 5.85. The smallest absolute Gasteiger partial charge is 0.410 e. The minimum atomic E-state index is -0.454. The zero-order chi connectivity index (χ0) is 15.5. The Labute approximate surface area is 131 Å². The molecule has 3 nitrogen and oxygen atoms in total. The number of likely N-dealkylation sites (tertiary alicyclic amines) is 1. The highest BCUT2D eigenvalue weighted by Gasteiger charge is 2.30. The highest BCUT2D eigenvalue weighted by atomic mass is 35.5. The molecule has 114 valence electrons. The van der Waals surface area contributed by atoms with Gasteiger partial charge < -0.3 is 9.64 Å². The second-order valence-electron chi connectivity index (χ2n) is 6.29. The Hall–Kier alpha value is -1.48. The van der Waals surface area contributed by atoms with Gasteiger partial charge in [0.05, 0.1) is 6.04 Å². The lowest BCUT2D eigenvalue weighted by atomic mass is 10.1. The first-order valence-corrected chi connectivity index (χ1v) is 7.66. The molecule has 1 amide bonds. The van der Waals surface area contributed by atoms with Crippen molar-refractivity contribution < 1.29 is 9.53 Å². The molecule has 0 saturated carbocycles. The summed E-state index contributed by atoms with van der Waals surface area (Å²) in [7, 11) is 0. The van der Waals surface area contributed by atoms with Crippen molar-refractivity contribution in [3.05, 3.63) is 40.9 Å². The number of carbonyl (C=O) groups is 1. The lowest BCUT2D eigenvalue weighted by Gasteiger charge is -2.27. The van der Waals surface area contributed by atoms with Crippen LogP contribution in [0.1, 0.15) is 39.2 Å². The molecule has 1 atom stereocenters. The molecule has 1 heterocycles. The van der Waals surface area contributed by atoms with Gasteiger partial charge in [0, 0.05) is 11.6 Å². The van der Waals surface area contributed by atoms with E-state index in [9.17, 15) is 4.79 Å². The van der Waals surface area contributed by atoms with E-state index < -0.39 is 5.60 Å². The molecular formula is C17H22ClNO2. The first-order chi connectivity index (χ1) is 9.85. The molecule has 1 unspecified atom stereocenters. The molecule has 0 radical (unpaired) electrons. The number of halogens is 1. The summed E-state index contributed by atoms with van der Waals surface area (Å²) < 4.78 is 5.46. The maximum absolute atomic E-state index is 12.2. The molecule has 1 aliphatic rings. The largest absolute Gasteiger partial charge is 0.444 e. The van der Waals surface area contributed by atoms with E-state index in [4.69, 9.17) is 16.3 Å². The lowest BCUT2D eigenvalue weighted by Crippen LogP contribution is -2.39. The average Bonchev–Trinajstić information content (AvgIpc) is 2.84. The van der Waals surface area contributed by atoms with Crippen LogP contribution in [-0.2, 0) is 4.74 Å². The summed E-state index contributed by atoms with van der Waals surface area (Å²) in [6, 6.07) is 7.76. The second-order valence-corrected chi connectivity index (χ2v) is 6.73. The fourth-order valence-electron chi connectivity index (χ4n) is 2.34. The molecule has 21 heavy (non-hydrogen) atoms. The van der Waals surface area contributed by atoms with Crippen LogP contribution in [0.5, 0.6) is 0 Å². The highest BCUT2D eigenvalue weighted by molar-refractivity contribution is 6.30. The van der Waals surface area contributed by atoms with E-state index in [2.05, 4.69) is 6.08 Å². The maximum Gasteiger partial charge on any atom is 0.410 e. The van der Waals surface area contributed by atoms with Gasteiger partial charge in [-0.2, -0.15) is 0 Å². The van der Waals surface area contributed by atoms with Crippen LogP contribution in [-0.4, -0.2) is 29.2 Å². The van der Waals surface area contributed by atoms with Gasteiger partial charge in [0.2, 0.25) is 0 Å². The molecule has 0 aliphatic carbocycles. The molecule has 4 heteroatoms. The summed E-state index contributed by atoms with van der Waals surface area (Å²) in [4.78, 5) is 14.0. The first kappa shape index (κ1) is 15.9. The molecule has 1 aliphatic heterocycles. The van der Waals surface area contributed by atoms with Gasteiger partial charge in [-0.3, -0.25) is 0 Å². The molecular weight excluding hydrogens is 286 g/mol. The second kappa shape index (κ2) is 6.52. The van der Waals surface area contributed by atoms with E-state index in [1.54, 1.807) is 4.90 Å². The summed E-state index contributed by atoms with van der Waals surface area (Å²) >= 11 is 5.87. The van der Waals surface area contributed by atoms with Crippen molar-refractivity contribution in [3.63, 3.8) is 0 Å². The van der Waals surface area contributed by atoms with Gasteiger partial charge in [0.15, 0.2) is 0 Å². The standard InChI is InChI=1S/C17H22ClNO2/c1-17(2,3)21-16(20)19-12-4-5-15(19)11-8-13-6-9-14(18)10-7-13/h6-11,15H,4-5,12H2,1-3H3. The maximum atomic E-state index is 12.2. The molecule has 0 bridgehead atoms. The fourth-order valence-corrected chi connectivity index (χ4v) is 2.46. The van der Waals surface area contributed by atoms with Crippen molar-refractivity contribution in [1.82, 2.24) is 4.90 Å². The van der Waals surface area contributed by atoms with Crippen LogP contribution in [0.25, 0.3) is 6.08 Å². The highest BCUT2D eigenvalue weighted by Crippen LogP contribution is 2.22. The minimum absolute atomic E-state index is 0.107. The van der Waals surface area contributed by atoms with Gasteiger partial charge in [-0.25, -0.2) is 4.79 Å². The number of rotatable bonds is 2. The Morgan fingerprint density at radius 2 is 2.00 bits per heavy atom. The van der Waals surface area contributed by atoms with E-state index in [1.807, 2.05) is 51.1 Å². The Kier molecular flexibility index (Phi) is 4.94. The van der Waals surface area contributed by atoms with Crippen LogP contribution in [0.2, 0.25) is 5.02 Å². The van der Waals surface area contributed by atoms with E-state index in [0.29, 0.717) is 0 Å². The number of hydrogen-bond acceptors (Lipinski definition) is 2. The zero-order valence-electron chi connectivity index (χ0n) is 12.8. The summed E-state index contributed by atoms with van der Waals surface area (Å²) in [6.45, 7) is 6.42. The Morgan fingerprint density at radius 3 is 2.62 bits per heavy atom. The van der Waals surface area contributed by atoms with Crippen molar-refractivity contribution in [1.29, 1.82) is 0 Å². The van der Waals surface area contributed by atoms with E-state index >= 15 is 0 Å². The third-order valence-electron chi connectivity index (χ3n) is 3.31. The minimum Gasteiger partial charge on any atom is -0.444 e. The fraction of sp³-hybridized carbons (Fsp3) is 0.471. The van der Waals surface area contributed by atoms with Crippen molar-refractivity contribution in [2.75, 3.05) is 6.54 Å². The topological polar surface area (TPSA) is 29.5 Å². The van der Waals surface area contributed by atoms with Crippen molar-refractivity contribution in [2.45, 2.75) is 45.3 Å². The molecule has 1 aromatic carbocycles. The number of hydrogen-bond donors (Lipinski definition) is 0. The van der Waals surface area contributed by atoms with Crippen LogP contribution in [0.15, 0.2) is 30.3 Å². The van der Waals surface area contributed by atoms with Gasteiger partial charge >= 0.3 is 6.09 Å². The number of amides is 1. The lowest BCUT2D eigenvalue weighted by molar-refractivity contribution is 0.0256. The molecule has 1 aromatic rings. The van der Waals surface area contributed by atoms with Crippen molar-refractivity contribution >= 4 is 23.8 Å².